The molecule has 0 atom stereocenters. The SMILES string of the molecule is Cc1ccc(N2c3ccccc3Oc3ccccc32)c2nc(-c3ccc(S(=O)(=O)C4=CCCC=C4)cc3)cc(-c3cccs3)c12. The molecule has 5 nitrogen and oxygen atoms in total. The van der Waals surface area contributed by atoms with E-state index >= 15 is 0 Å². The number of ether oxygens (including phenoxy) is 1. The molecule has 0 radical (unpaired) electrons. The van der Waals surface area contributed by atoms with E-state index in [1.807, 2.05) is 54.6 Å². The molecule has 0 saturated carbocycles. The molecule has 0 spiro atoms. The standard InChI is InChI=1S/C38H28N2O3S2/c1-25-17-22-33(40-31-12-5-7-14-34(31)43-35-15-8-6-13-32(35)40)38-37(25)29(36-16-9-23-44-36)24-30(39-38)26-18-20-28(21-19-26)45(41,42)27-10-3-2-4-11-27/h3,5-24H,2,4H2,1H3. The Bertz CT molecular complexity index is 2220. The maximum Gasteiger partial charge on any atom is 0.206 e. The number of allylic oxidation sites excluding steroid dienone is 3. The Kier molecular flexibility index (Phi) is 6.66. The van der Waals surface area contributed by atoms with Crippen LogP contribution in [0.5, 0.6) is 11.5 Å². The fraction of sp³-hybridized carbons (Fsp3) is 0.0789. The van der Waals surface area contributed by atoms with Crippen LogP contribution >= 0.6 is 11.3 Å². The predicted octanol–water partition coefficient (Wildman–Crippen LogP) is 10.5. The summed E-state index contributed by atoms with van der Waals surface area (Å²) in [7, 11) is -3.59. The van der Waals surface area contributed by atoms with E-state index in [1.165, 1.54) is 0 Å². The van der Waals surface area contributed by atoms with Gasteiger partial charge in [0.1, 0.15) is 0 Å². The number of rotatable bonds is 5. The van der Waals surface area contributed by atoms with Crippen LogP contribution in [0.3, 0.4) is 0 Å². The summed E-state index contributed by atoms with van der Waals surface area (Å²) in [6.07, 6.45) is 7.01. The van der Waals surface area contributed by atoms with Crippen molar-refractivity contribution in [1.29, 1.82) is 0 Å². The van der Waals surface area contributed by atoms with Crippen LogP contribution in [-0.2, 0) is 9.84 Å². The summed E-state index contributed by atoms with van der Waals surface area (Å²) in [5.74, 6) is 1.55. The minimum Gasteiger partial charge on any atom is -0.453 e. The van der Waals surface area contributed by atoms with Crippen LogP contribution in [0.4, 0.5) is 17.1 Å². The molecule has 0 bridgehead atoms. The number of nitrogens with zero attached hydrogens (tertiary/aromatic N) is 2. The molecule has 1 aliphatic heterocycles. The molecule has 0 amide bonds. The number of hydrogen-bond acceptors (Lipinski definition) is 6. The molecular weight excluding hydrogens is 597 g/mol. The molecule has 1 aliphatic carbocycles. The Morgan fingerprint density at radius 1 is 0.800 bits per heavy atom. The van der Waals surface area contributed by atoms with E-state index in [9.17, 15) is 8.42 Å². The Balaban J connectivity index is 1.35. The highest BCUT2D eigenvalue weighted by Crippen LogP contribution is 2.52. The average Bonchev–Trinajstić information content (AvgIpc) is 3.63. The zero-order chi connectivity index (χ0) is 30.5. The summed E-state index contributed by atoms with van der Waals surface area (Å²) in [4.78, 5) is 9.34. The molecule has 0 unspecified atom stereocenters. The fourth-order valence-electron chi connectivity index (χ4n) is 6.14. The molecule has 2 aromatic heterocycles. The second-order valence-corrected chi connectivity index (χ2v) is 14.0. The molecular formula is C38H28N2O3S2. The van der Waals surface area contributed by atoms with Crippen molar-refractivity contribution in [2.45, 2.75) is 24.7 Å². The molecule has 8 rings (SSSR count). The molecule has 2 aliphatic rings. The lowest BCUT2D eigenvalue weighted by Crippen LogP contribution is -2.16. The van der Waals surface area contributed by atoms with E-state index < -0.39 is 9.84 Å². The Morgan fingerprint density at radius 3 is 2.20 bits per heavy atom. The lowest BCUT2D eigenvalue weighted by molar-refractivity contribution is 0.477. The van der Waals surface area contributed by atoms with Gasteiger partial charge in [-0.1, -0.05) is 60.7 Å². The topological polar surface area (TPSA) is 59.5 Å². The third-order valence-corrected chi connectivity index (χ3v) is 11.1. The Labute approximate surface area is 266 Å². The maximum absolute atomic E-state index is 13.3. The summed E-state index contributed by atoms with van der Waals surface area (Å²) in [6.45, 7) is 2.12. The van der Waals surface area contributed by atoms with Gasteiger partial charge in [0.25, 0.3) is 0 Å². The average molecular weight is 625 g/mol. The number of para-hydroxylation sites is 4. The van der Waals surface area contributed by atoms with Crippen molar-refractivity contribution in [3.8, 4) is 33.2 Å². The first-order valence-corrected chi connectivity index (χ1v) is 17.2. The van der Waals surface area contributed by atoms with Gasteiger partial charge in [0.05, 0.1) is 38.1 Å². The number of aromatic nitrogens is 1. The van der Waals surface area contributed by atoms with Gasteiger partial charge in [-0.15, -0.1) is 11.3 Å². The smallest absolute Gasteiger partial charge is 0.206 e. The van der Waals surface area contributed by atoms with Crippen molar-refractivity contribution < 1.29 is 13.2 Å². The lowest BCUT2D eigenvalue weighted by Gasteiger charge is -2.33. The van der Waals surface area contributed by atoms with Crippen molar-refractivity contribution in [2.75, 3.05) is 4.90 Å². The first kappa shape index (κ1) is 27.6. The van der Waals surface area contributed by atoms with E-state index in [4.69, 9.17) is 9.72 Å². The minimum atomic E-state index is -3.59. The van der Waals surface area contributed by atoms with Gasteiger partial charge < -0.3 is 9.64 Å². The molecule has 7 heteroatoms. The van der Waals surface area contributed by atoms with Crippen LogP contribution in [0.25, 0.3) is 32.6 Å². The second-order valence-electron chi connectivity index (χ2n) is 11.1. The summed E-state index contributed by atoms with van der Waals surface area (Å²) in [6, 6.07) is 33.8. The van der Waals surface area contributed by atoms with Crippen molar-refractivity contribution in [1.82, 2.24) is 4.98 Å². The summed E-state index contributed by atoms with van der Waals surface area (Å²) >= 11 is 1.69. The van der Waals surface area contributed by atoms with Gasteiger partial charge >= 0.3 is 0 Å². The highest BCUT2D eigenvalue weighted by molar-refractivity contribution is 7.95. The quantitative estimate of drug-likeness (QED) is 0.191. The molecule has 45 heavy (non-hydrogen) atoms. The normalized spacial score (nSPS) is 14.1. The van der Waals surface area contributed by atoms with Gasteiger partial charge in [-0.3, -0.25) is 0 Å². The number of sulfone groups is 1. The number of fused-ring (bicyclic) bond motifs is 3. The highest BCUT2D eigenvalue weighted by Gasteiger charge is 2.28. The van der Waals surface area contributed by atoms with Crippen LogP contribution in [0.15, 0.2) is 137 Å². The second kappa shape index (κ2) is 10.9. The van der Waals surface area contributed by atoms with Crippen LogP contribution in [0.2, 0.25) is 0 Å². The third-order valence-electron chi connectivity index (χ3n) is 8.34. The number of anilines is 3. The highest BCUT2D eigenvalue weighted by atomic mass is 32.2. The Morgan fingerprint density at radius 2 is 1.53 bits per heavy atom. The zero-order valence-corrected chi connectivity index (χ0v) is 26.1. The van der Waals surface area contributed by atoms with E-state index in [1.54, 1.807) is 35.6 Å². The molecule has 0 saturated heterocycles. The van der Waals surface area contributed by atoms with Gasteiger partial charge in [-0.25, -0.2) is 13.4 Å². The number of hydrogen-bond donors (Lipinski definition) is 0. The minimum absolute atomic E-state index is 0.279. The third kappa shape index (κ3) is 4.67. The summed E-state index contributed by atoms with van der Waals surface area (Å²) in [5, 5.41) is 3.17. The molecule has 4 aromatic carbocycles. The number of thiophene rings is 1. The van der Waals surface area contributed by atoms with E-state index in [-0.39, 0.29) is 4.90 Å². The fourth-order valence-corrected chi connectivity index (χ4v) is 8.27. The summed E-state index contributed by atoms with van der Waals surface area (Å²) in [5.41, 5.74) is 7.50. The number of pyridine rings is 1. The van der Waals surface area contributed by atoms with Crippen LogP contribution in [0.1, 0.15) is 18.4 Å². The summed E-state index contributed by atoms with van der Waals surface area (Å²) < 4.78 is 33.0. The van der Waals surface area contributed by atoms with E-state index in [2.05, 4.69) is 59.7 Å². The molecule has 3 heterocycles. The van der Waals surface area contributed by atoms with Gasteiger partial charge in [-0.2, -0.15) is 0 Å². The van der Waals surface area contributed by atoms with Crippen molar-refractivity contribution in [3.63, 3.8) is 0 Å². The monoisotopic (exact) mass is 624 g/mol. The van der Waals surface area contributed by atoms with E-state index in [0.29, 0.717) is 4.91 Å². The Hall–Kier alpha value is -4.98. The van der Waals surface area contributed by atoms with Crippen molar-refractivity contribution >= 4 is 49.1 Å². The largest absolute Gasteiger partial charge is 0.453 e. The first-order chi connectivity index (χ1) is 22.0. The number of benzene rings is 4. The van der Waals surface area contributed by atoms with Crippen LogP contribution < -0.4 is 9.64 Å². The van der Waals surface area contributed by atoms with Crippen molar-refractivity contribution in [3.05, 3.63) is 137 Å². The number of aryl methyl sites for hydroxylation is 1. The zero-order valence-electron chi connectivity index (χ0n) is 24.5. The molecule has 0 fully saturated rings. The molecule has 0 N–H and O–H groups in total. The van der Waals surface area contributed by atoms with Gasteiger partial charge in [0.2, 0.25) is 9.84 Å². The van der Waals surface area contributed by atoms with Gasteiger partial charge in [0.15, 0.2) is 11.5 Å². The lowest BCUT2D eigenvalue weighted by atomic mass is 9.97. The predicted molar refractivity (Wildman–Crippen MR) is 184 cm³/mol. The van der Waals surface area contributed by atoms with Gasteiger partial charge in [0, 0.05) is 21.4 Å². The van der Waals surface area contributed by atoms with Crippen molar-refractivity contribution in [2.24, 2.45) is 0 Å². The maximum atomic E-state index is 13.3. The molecule has 6 aromatic rings. The van der Waals surface area contributed by atoms with Crippen LogP contribution in [-0.4, -0.2) is 13.4 Å². The van der Waals surface area contributed by atoms with E-state index in [0.717, 1.165) is 79.6 Å². The van der Waals surface area contributed by atoms with Crippen LogP contribution in [0, 0.1) is 6.92 Å². The molecule has 220 valence electrons. The van der Waals surface area contributed by atoms with Gasteiger partial charge in [-0.05, 0) is 91.4 Å². The first-order valence-electron chi connectivity index (χ1n) is 14.9.